The SMILES string of the molecule is COc1ccc(C(=O)OCc2cc(-c3ccc(C)cc3)on2)cc1. The maximum atomic E-state index is 12.0. The molecule has 0 amide bonds. The quantitative estimate of drug-likeness (QED) is 0.664. The van der Waals surface area contributed by atoms with E-state index in [-0.39, 0.29) is 6.61 Å². The molecule has 5 nitrogen and oxygen atoms in total. The van der Waals surface area contributed by atoms with Crippen molar-refractivity contribution in [1.82, 2.24) is 5.16 Å². The molecule has 0 aliphatic heterocycles. The number of nitrogens with zero attached hydrogens (tertiary/aromatic N) is 1. The third-order valence-corrected chi connectivity index (χ3v) is 3.57. The predicted molar refractivity (Wildman–Crippen MR) is 88.8 cm³/mol. The van der Waals surface area contributed by atoms with Gasteiger partial charge < -0.3 is 14.0 Å². The molecular formula is C19H17NO4. The van der Waals surface area contributed by atoms with Gasteiger partial charge in [-0.05, 0) is 31.2 Å². The molecule has 0 fully saturated rings. The molecule has 1 aromatic heterocycles. The first-order chi connectivity index (χ1) is 11.7. The van der Waals surface area contributed by atoms with Gasteiger partial charge in [0, 0.05) is 11.6 Å². The maximum absolute atomic E-state index is 12.0. The van der Waals surface area contributed by atoms with Gasteiger partial charge in [-0.1, -0.05) is 35.0 Å². The van der Waals surface area contributed by atoms with Crippen LogP contribution in [0, 0.1) is 6.92 Å². The third-order valence-electron chi connectivity index (χ3n) is 3.57. The zero-order chi connectivity index (χ0) is 16.9. The summed E-state index contributed by atoms with van der Waals surface area (Å²) in [7, 11) is 1.57. The second kappa shape index (κ2) is 7.00. The van der Waals surface area contributed by atoms with Gasteiger partial charge in [0.1, 0.15) is 18.1 Å². The number of esters is 1. The minimum Gasteiger partial charge on any atom is -0.497 e. The second-order valence-corrected chi connectivity index (χ2v) is 5.35. The van der Waals surface area contributed by atoms with Crippen molar-refractivity contribution >= 4 is 5.97 Å². The monoisotopic (exact) mass is 323 g/mol. The highest BCUT2D eigenvalue weighted by molar-refractivity contribution is 5.89. The molecule has 2 aromatic carbocycles. The Hall–Kier alpha value is -3.08. The first kappa shape index (κ1) is 15.8. The highest BCUT2D eigenvalue weighted by Gasteiger charge is 2.11. The fourth-order valence-corrected chi connectivity index (χ4v) is 2.18. The van der Waals surface area contributed by atoms with Crippen molar-refractivity contribution in [3.63, 3.8) is 0 Å². The van der Waals surface area contributed by atoms with E-state index in [0.29, 0.717) is 22.8 Å². The van der Waals surface area contributed by atoms with Crippen LogP contribution in [0.5, 0.6) is 5.75 Å². The molecule has 3 aromatic rings. The molecule has 0 aliphatic rings. The van der Waals surface area contributed by atoms with E-state index in [0.717, 1.165) is 5.56 Å². The van der Waals surface area contributed by atoms with Gasteiger partial charge in [0.05, 0.1) is 12.7 Å². The Morgan fingerprint density at radius 3 is 2.46 bits per heavy atom. The molecule has 122 valence electrons. The Morgan fingerprint density at radius 1 is 1.08 bits per heavy atom. The number of aryl methyl sites for hydroxylation is 1. The molecule has 1 heterocycles. The van der Waals surface area contributed by atoms with E-state index in [1.54, 1.807) is 37.4 Å². The standard InChI is InChI=1S/C19H17NO4/c1-13-3-5-14(6-4-13)18-11-16(20-24-18)12-23-19(21)15-7-9-17(22-2)10-8-15/h3-11H,12H2,1-2H3. The molecular weight excluding hydrogens is 306 g/mol. The topological polar surface area (TPSA) is 61.6 Å². The van der Waals surface area contributed by atoms with E-state index < -0.39 is 5.97 Å². The van der Waals surface area contributed by atoms with E-state index in [4.69, 9.17) is 14.0 Å². The van der Waals surface area contributed by atoms with Crippen molar-refractivity contribution in [2.75, 3.05) is 7.11 Å². The number of aromatic nitrogens is 1. The van der Waals surface area contributed by atoms with Crippen LogP contribution in [0.4, 0.5) is 0 Å². The van der Waals surface area contributed by atoms with Gasteiger partial charge in [-0.3, -0.25) is 0 Å². The zero-order valence-corrected chi connectivity index (χ0v) is 13.5. The second-order valence-electron chi connectivity index (χ2n) is 5.35. The summed E-state index contributed by atoms with van der Waals surface area (Å²) >= 11 is 0. The van der Waals surface area contributed by atoms with Crippen LogP contribution < -0.4 is 4.74 Å². The van der Waals surface area contributed by atoms with Crippen LogP contribution in [0.15, 0.2) is 59.1 Å². The van der Waals surface area contributed by atoms with Gasteiger partial charge >= 0.3 is 5.97 Å². The summed E-state index contributed by atoms with van der Waals surface area (Å²) < 4.78 is 15.6. The van der Waals surface area contributed by atoms with Crippen molar-refractivity contribution in [1.29, 1.82) is 0 Å². The number of carbonyl (C=O) groups excluding carboxylic acids is 1. The van der Waals surface area contributed by atoms with Crippen LogP contribution in [-0.4, -0.2) is 18.2 Å². The average molecular weight is 323 g/mol. The lowest BCUT2D eigenvalue weighted by Gasteiger charge is -2.03. The number of rotatable bonds is 5. The number of carbonyl (C=O) groups is 1. The highest BCUT2D eigenvalue weighted by atomic mass is 16.5. The minimum absolute atomic E-state index is 0.0558. The molecule has 0 unspecified atom stereocenters. The summed E-state index contributed by atoms with van der Waals surface area (Å²) in [6.07, 6.45) is 0. The van der Waals surface area contributed by atoms with Crippen LogP contribution in [-0.2, 0) is 11.3 Å². The van der Waals surface area contributed by atoms with E-state index in [9.17, 15) is 4.79 Å². The smallest absolute Gasteiger partial charge is 0.338 e. The minimum atomic E-state index is -0.419. The molecule has 5 heteroatoms. The van der Waals surface area contributed by atoms with E-state index in [1.807, 2.05) is 31.2 Å². The fraction of sp³-hybridized carbons (Fsp3) is 0.158. The first-order valence-electron chi connectivity index (χ1n) is 7.49. The van der Waals surface area contributed by atoms with E-state index in [2.05, 4.69) is 5.16 Å². The number of benzene rings is 2. The number of hydrogen-bond acceptors (Lipinski definition) is 5. The zero-order valence-electron chi connectivity index (χ0n) is 13.5. The van der Waals surface area contributed by atoms with Crippen molar-refractivity contribution < 1.29 is 18.8 Å². The van der Waals surface area contributed by atoms with E-state index >= 15 is 0 Å². The van der Waals surface area contributed by atoms with Crippen LogP contribution in [0.3, 0.4) is 0 Å². The summed E-state index contributed by atoms with van der Waals surface area (Å²) in [5, 5.41) is 3.94. The molecule has 3 rings (SSSR count). The van der Waals surface area contributed by atoms with Crippen molar-refractivity contribution in [3.05, 3.63) is 71.4 Å². The molecule has 0 saturated carbocycles. The van der Waals surface area contributed by atoms with Crippen LogP contribution in [0.2, 0.25) is 0 Å². The number of methoxy groups -OCH3 is 1. The predicted octanol–water partition coefficient (Wildman–Crippen LogP) is 4.02. The summed E-state index contributed by atoms with van der Waals surface area (Å²) in [6, 6.07) is 16.4. The van der Waals surface area contributed by atoms with Gasteiger partial charge in [0.15, 0.2) is 5.76 Å². The molecule has 24 heavy (non-hydrogen) atoms. The van der Waals surface area contributed by atoms with Crippen LogP contribution >= 0.6 is 0 Å². The largest absolute Gasteiger partial charge is 0.497 e. The van der Waals surface area contributed by atoms with Gasteiger partial charge in [-0.2, -0.15) is 0 Å². The lowest BCUT2D eigenvalue weighted by molar-refractivity contribution is 0.0464. The van der Waals surface area contributed by atoms with Gasteiger partial charge in [-0.15, -0.1) is 0 Å². The number of hydrogen-bond donors (Lipinski definition) is 0. The molecule has 0 saturated heterocycles. The van der Waals surface area contributed by atoms with Crippen molar-refractivity contribution in [2.24, 2.45) is 0 Å². The number of ether oxygens (including phenoxy) is 2. The molecule has 0 N–H and O–H groups in total. The van der Waals surface area contributed by atoms with E-state index in [1.165, 1.54) is 5.56 Å². The normalized spacial score (nSPS) is 10.4. The first-order valence-corrected chi connectivity index (χ1v) is 7.49. The lowest BCUT2D eigenvalue weighted by atomic mass is 10.1. The molecule has 0 aliphatic carbocycles. The summed E-state index contributed by atoms with van der Waals surface area (Å²) in [5.41, 5.74) is 3.12. The highest BCUT2D eigenvalue weighted by Crippen LogP contribution is 2.21. The van der Waals surface area contributed by atoms with Crippen LogP contribution in [0.1, 0.15) is 21.6 Å². The van der Waals surface area contributed by atoms with Crippen molar-refractivity contribution in [3.8, 4) is 17.1 Å². The Kier molecular flexibility index (Phi) is 4.61. The molecule has 0 atom stereocenters. The Balaban J connectivity index is 1.62. The summed E-state index contributed by atoms with van der Waals surface area (Å²) in [5.74, 6) is 0.911. The lowest BCUT2D eigenvalue weighted by Crippen LogP contribution is -2.05. The van der Waals surface area contributed by atoms with Gasteiger partial charge in [-0.25, -0.2) is 4.79 Å². The molecule has 0 bridgehead atoms. The third kappa shape index (κ3) is 3.63. The molecule has 0 spiro atoms. The summed E-state index contributed by atoms with van der Waals surface area (Å²) in [6.45, 7) is 2.08. The molecule has 0 radical (unpaired) electrons. The van der Waals surface area contributed by atoms with Gasteiger partial charge in [0.2, 0.25) is 0 Å². The summed E-state index contributed by atoms with van der Waals surface area (Å²) in [4.78, 5) is 12.0. The van der Waals surface area contributed by atoms with Crippen molar-refractivity contribution in [2.45, 2.75) is 13.5 Å². The Labute approximate surface area is 139 Å². The van der Waals surface area contributed by atoms with Crippen LogP contribution in [0.25, 0.3) is 11.3 Å². The fourth-order valence-electron chi connectivity index (χ4n) is 2.18. The van der Waals surface area contributed by atoms with Gasteiger partial charge in [0.25, 0.3) is 0 Å². The average Bonchev–Trinajstić information content (AvgIpc) is 3.09. The maximum Gasteiger partial charge on any atom is 0.338 e. The Morgan fingerprint density at radius 2 is 1.79 bits per heavy atom. The Bertz CT molecular complexity index is 819.